The van der Waals surface area contributed by atoms with Gasteiger partial charge in [0.25, 0.3) is 5.69 Å². The molecule has 0 unspecified atom stereocenters. The number of nitrogens with zero attached hydrogens (tertiary/aromatic N) is 1. The molecule has 3 N–H and O–H groups in total. The van der Waals surface area contributed by atoms with E-state index in [4.69, 9.17) is 5.73 Å². The van der Waals surface area contributed by atoms with Crippen LogP contribution in [-0.2, 0) is 11.3 Å². The van der Waals surface area contributed by atoms with E-state index in [0.29, 0.717) is 5.56 Å². The number of hydrogen-bond donors (Lipinski definition) is 2. The molecule has 17 heavy (non-hydrogen) atoms. The van der Waals surface area contributed by atoms with Crippen LogP contribution in [-0.4, -0.2) is 17.4 Å². The molecular weight excluding hydrogens is 246 g/mol. The van der Waals surface area contributed by atoms with Gasteiger partial charge in [0.2, 0.25) is 5.91 Å². The third-order valence-corrected chi connectivity index (χ3v) is 2.04. The fraction of sp³-hybridized carbons (Fsp3) is 0.300. The Morgan fingerprint density at radius 2 is 2.06 bits per heavy atom. The number of nitrogens with two attached hydrogens (primary N) is 1. The normalized spacial score (nSPS) is 9.24. The first-order valence-electron chi connectivity index (χ1n) is 4.84. The van der Waals surface area contributed by atoms with Gasteiger partial charge in [-0.25, -0.2) is 0 Å². The highest BCUT2D eigenvalue weighted by atomic mass is 35.5. The van der Waals surface area contributed by atoms with Gasteiger partial charge in [-0.2, -0.15) is 0 Å². The number of nitrogens with one attached hydrogen (secondary N) is 1. The summed E-state index contributed by atoms with van der Waals surface area (Å²) in [5, 5.41) is 13.2. The fourth-order valence-corrected chi connectivity index (χ4v) is 1.25. The second-order valence-corrected chi connectivity index (χ2v) is 3.20. The highest BCUT2D eigenvalue weighted by Gasteiger charge is 2.12. The van der Waals surface area contributed by atoms with Crippen molar-refractivity contribution in [3.63, 3.8) is 0 Å². The maximum atomic E-state index is 11.1. The van der Waals surface area contributed by atoms with Crippen LogP contribution in [0, 0.1) is 10.1 Å². The van der Waals surface area contributed by atoms with E-state index in [9.17, 15) is 14.9 Å². The molecule has 0 aliphatic carbocycles. The summed E-state index contributed by atoms with van der Waals surface area (Å²) in [5.74, 6) is -0.208. The molecule has 1 aromatic carbocycles. The van der Waals surface area contributed by atoms with Crippen LogP contribution in [0.4, 0.5) is 5.69 Å². The summed E-state index contributed by atoms with van der Waals surface area (Å²) in [6.45, 7) is 0.415. The zero-order valence-corrected chi connectivity index (χ0v) is 9.90. The number of amides is 1. The van der Waals surface area contributed by atoms with Gasteiger partial charge in [0, 0.05) is 31.1 Å². The van der Waals surface area contributed by atoms with Crippen molar-refractivity contribution in [2.24, 2.45) is 5.73 Å². The summed E-state index contributed by atoms with van der Waals surface area (Å²) in [6.07, 6.45) is 0.223. The number of rotatable bonds is 5. The largest absolute Gasteiger partial charge is 0.352 e. The summed E-state index contributed by atoms with van der Waals surface area (Å²) < 4.78 is 0. The lowest BCUT2D eigenvalue weighted by Gasteiger charge is -2.04. The fourth-order valence-electron chi connectivity index (χ4n) is 1.25. The maximum absolute atomic E-state index is 11.1. The Hall–Kier alpha value is -1.66. The SMILES string of the molecule is Cl.NCCC(=O)NCc1ccccc1[N+](=O)[O-]. The van der Waals surface area contributed by atoms with Crippen LogP contribution in [0.15, 0.2) is 24.3 Å². The van der Waals surface area contributed by atoms with E-state index in [-0.39, 0.29) is 43.5 Å². The van der Waals surface area contributed by atoms with E-state index < -0.39 is 4.92 Å². The van der Waals surface area contributed by atoms with E-state index >= 15 is 0 Å². The summed E-state index contributed by atoms with van der Waals surface area (Å²) >= 11 is 0. The number of carbonyl (C=O) groups is 1. The van der Waals surface area contributed by atoms with Crippen molar-refractivity contribution >= 4 is 24.0 Å². The predicted molar refractivity (Wildman–Crippen MR) is 65.9 cm³/mol. The monoisotopic (exact) mass is 259 g/mol. The molecule has 0 aliphatic heterocycles. The van der Waals surface area contributed by atoms with Gasteiger partial charge in [-0.05, 0) is 0 Å². The third kappa shape index (κ3) is 4.80. The molecule has 0 spiro atoms. The summed E-state index contributed by atoms with van der Waals surface area (Å²) in [5.41, 5.74) is 5.70. The van der Waals surface area contributed by atoms with Gasteiger partial charge in [-0.1, -0.05) is 18.2 Å². The number of para-hydroxylation sites is 1. The highest BCUT2D eigenvalue weighted by molar-refractivity contribution is 5.85. The Bertz CT molecular complexity index is 398. The lowest BCUT2D eigenvalue weighted by molar-refractivity contribution is -0.385. The molecule has 6 nitrogen and oxygen atoms in total. The highest BCUT2D eigenvalue weighted by Crippen LogP contribution is 2.16. The molecule has 0 bridgehead atoms. The Labute approximate surface area is 105 Å². The molecule has 0 aliphatic rings. The Kier molecular flexibility index (Phi) is 6.85. The third-order valence-electron chi connectivity index (χ3n) is 2.04. The minimum atomic E-state index is -0.468. The van der Waals surface area contributed by atoms with Gasteiger partial charge >= 0.3 is 0 Å². The van der Waals surface area contributed by atoms with Crippen LogP contribution in [0.5, 0.6) is 0 Å². The van der Waals surface area contributed by atoms with Crippen molar-refractivity contribution in [1.82, 2.24) is 5.32 Å². The molecule has 0 heterocycles. The lowest BCUT2D eigenvalue weighted by Crippen LogP contribution is -2.25. The van der Waals surface area contributed by atoms with Crippen LogP contribution in [0.2, 0.25) is 0 Å². The molecule has 0 aromatic heterocycles. The number of benzene rings is 1. The van der Waals surface area contributed by atoms with Gasteiger partial charge < -0.3 is 11.1 Å². The molecule has 0 fully saturated rings. The predicted octanol–water partition coefficient (Wildman–Crippen LogP) is 0.982. The first-order chi connectivity index (χ1) is 7.65. The minimum absolute atomic E-state index is 0. The number of halogens is 1. The molecule has 94 valence electrons. The first-order valence-corrected chi connectivity index (χ1v) is 4.84. The van der Waals surface area contributed by atoms with E-state index in [0.717, 1.165) is 0 Å². The van der Waals surface area contributed by atoms with Crippen LogP contribution in [0.3, 0.4) is 0 Å². The van der Waals surface area contributed by atoms with Gasteiger partial charge in [0.15, 0.2) is 0 Å². The lowest BCUT2D eigenvalue weighted by atomic mass is 10.2. The van der Waals surface area contributed by atoms with Crippen molar-refractivity contribution < 1.29 is 9.72 Å². The Morgan fingerprint density at radius 1 is 1.41 bits per heavy atom. The molecule has 1 amide bonds. The van der Waals surface area contributed by atoms with E-state index in [1.165, 1.54) is 6.07 Å². The molecule has 0 atom stereocenters. The molecule has 7 heteroatoms. The van der Waals surface area contributed by atoms with E-state index in [1.54, 1.807) is 18.2 Å². The van der Waals surface area contributed by atoms with Gasteiger partial charge in [-0.15, -0.1) is 12.4 Å². The zero-order valence-electron chi connectivity index (χ0n) is 9.09. The molecule has 0 saturated carbocycles. The minimum Gasteiger partial charge on any atom is -0.352 e. The average Bonchev–Trinajstić information content (AvgIpc) is 2.27. The number of carbonyl (C=O) groups excluding carboxylic acids is 1. The standard InChI is InChI=1S/C10H13N3O3.ClH/c11-6-5-10(14)12-7-8-3-1-2-4-9(8)13(15)16;/h1-4H,5-7,11H2,(H,12,14);1H. The van der Waals surface area contributed by atoms with Gasteiger partial charge in [0.1, 0.15) is 0 Å². The van der Waals surface area contributed by atoms with Crippen molar-refractivity contribution in [2.75, 3.05) is 6.54 Å². The maximum Gasteiger partial charge on any atom is 0.274 e. The van der Waals surface area contributed by atoms with Gasteiger partial charge in [-0.3, -0.25) is 14.9 Å². The van der Waals surface area contributed by atoms with Crippen molar-refractivity contribution in [1.29, 1.82) is 0 Å². The van der Waals surface area contributed by atoms with Crippen molar-refractivity contribution in [2.45, 2.75) is 13.0 Å². The van der Waals surface area contributed by atoms with Crippen LogP contribution >= 0.6 is 12.4 Å². The molecule has 0 radical (unpaired) electrons. The quantitative estimate of drug-likeness (QED) is 0.608. The van der Waals surface area contributed by atoms with Crippen LogP contribution < -0.4 is 11.1 Å². The molecule has 1 aromatic rings. The first kappa shape index (κ1) is 15.3. The van der Waals surface area contributed by atoms with E-state index in [2.05, 4.69) is 5.32 Å². The Morgan fingerprint density at radius 3 is 2.65 bits per heavy atom. The summed E-state index contributed by atoms with van der Waals surface area (Å²) in [4.78, 5) is 21.3. The number of nitro benzene ring substituents is 1. The van der Waals surface area contributed by atoms with Crippen molar-refractivity contribution in [3.05, 3.63) is 39.9 Å². The molecular formula is C10H14ClN3O3. The van der Waals surface area contributed by atoms with Gasteiger partial charge in [0.05, 0.1) is 4.92 Å². The Balaban J connectivity index is 0.00000256. The zero-order chi connectivity index (χ0) is 12.0. The second kappa shape index (κ2) is 7.59. The smallest absolute Gasteiger partial charge is 0.274 e. The van der Waals surface area contributed by atoms with Crippen LogP contribution in [0.25, 0.3) is 0 Å². The van der Waals surface area contributed by atoms with E-state index in [1.807, 2.05) is 0 Å². The van der Waals surface area contributed by atoms with Crippen LogP contribution in [0.1, 0.15) is 12.0 Å². The summed E-state index contributed by atoms with van der Waals surface area (Å²) in [7, 11) is 0. The molecule has 0 saturated heterocycles. The summed E-state index contributed by atoms with van der Waals surface area (Å²) in [6, 6.07) is 6.30. The topological polar surface area (TPSA) is 98.3 Å². The second-order valence-electron chi connectivity index (χ2n) is 3.20. The number of nitro groups is 1. The number of hydrogen-bond acceptors (Lipinski definition) is 4. The average molecular weight is 260 g/mol. The molecule has 1 rings (SSSR count). The van der Waals surface area contributed by atoms with Crippen molar-refractivity contribution in [3.8, 4) is 0 Å².